The predicted octanol–water partition coefficient (Wildman–Crippen LogP) is 2.98. The number of aromatic nitrogens is 4. The second kappa shape index (κ2) is 5.35. The average Bonchev–Trinajstić information content (AvgIpc) is 2.85. The van der Waals surface area contributed by atoms with Crippen LogP contribution < -0.4 is 0 Å². The number of nitrogens with zero attached hydrogens (tertiary/aromatic N) is 4. The third-order valence-electron chi connectivity index (χ3n) is 3.03. The molecule has 23 heavy (non-hydrogen) atoms. The highest BCUT2D eigenvalue weighted by Crippen LogP contribution is 2.29. The highest BCUT2D eigenvalue weighted by atomic mass is 16.6. The van der Waals surface area contributed by atoms with E-state index in [0.29, 0.717) is 16.7 Å². The number of aromatic hydroxyl groups is 1. The lowest BCUT2D eigenvalue weighted by Gasteiger charge is -2.18. The summed E-state index contributed by atoms with van der Waals surface area (Å²) in [6.45, 7) is 5.33. The minimum atomic E-state index is -0.650. The average molecular weight is 312 g/mol. The maximum Gasteiger partial charge on any atom is 0.437 e. The molecule has 118 valence electrons. The molecule has 0 aliphatic heterocycles. The van der Waals surface area contributed by atoms with E-state index in [1.165, 1.54) is 12.3 Å². The number of rotatable bonds is 1. The molecule has 0 bridgehead atoms. The van der Waals surface area contributed by atoms with Gasteiger partial charge in [0.1, 0.15) is 17.0 Å². The number of hydrogen-bond acceptors (Lipinski definition) is 6. The van der Waals surface area contributed by atoms with Gasteiger partial charge in [0, 0.05) is 18.0 Å². The van der Waals surface area contributed by atoms with Crippen LogP contribution in [0, 0.1) is 0 Å². The van der Waals surface area contributed by atoms with Crippen LogP contribution in [0.4, 0.5) is 4.79 Å². The Morgan fingerprint density at radius 1 is 1.26 bits per heavy atom. The fourth-order valence-electron chi connectivity index (χ4n) is 2.15. The van der Waals surface area contributed by atoms with E-state index in [4.69, 9.17) is 4.74 Å². The van der Waals surface area contributed by atoms with Crippen molar-refractivity contribution in [2.45, 2.75) is 26.4 Å². The topological polar surface area (TPSA) is 90.1 Å². The van der Waals surface area contributed by atoms with Crippen molar-refractivity contribution in [2.75, 3.05) is 0 Å². The van der Waals surface area contributed by atoms with E-state index in [1.807, 2.05) is 0 Å². The summed E-state index contributed by atoms with van der Waals surface area (Å²) in [7, 11) is 0. The number of pyridine rings is 2. The molecule has 0 aliphatic carbocycles. The van der Waals surface area contributed by atoms with E-state index >= 15 is 0 Å². The van der Waals surface area contributed by atoms with E-state index in [9.17, 15) is 9.90 Å². The standard InChI is InChI=1S/C16H16N4O3/c1-16(2,3)23-15(22)20-14-12(8-11(21)9-18-14)13(19-20)10-4-6-17-7-5-10/h4-9,21H,1-3H3. The zero-order chi connectivity index (χ0) is 16.6. The minimum Gasteiger partial charge on any atom is -0.506 e. The second-order valence-corrected chi connectivity index (χ2v) is 6.04. The zero-order valence-corrected chi connectivity index (χ0v) is 13.0. The number of carbonyl (C=O) groups excluding carboxylic acids is 1. The Labute approximate surface area is 132 Å². The number of carbonyl (C=O) groups is 1. The number of fused-ring (bicyclic) bond motifs is 1. The highest BCUT2D eigenvalue weighted by Gasteiger charge is 2.23. The summed E-state index contributed by atoms with van der Waals surface area (Å²) in [6, 6.07) is 5.06. The first kappa shape index (κ1) is 15.0. The molecule has 3 aromatic heterocycles. The van der Waals surface area contributed by atoms with Gasteiger partial charge in [-0.25, -0.2) is 9.78 Å². The van der Waals surface area contributed by atoms with E-state index in [1.54, 1.807) is 45.3 Å². The molecule has 3 rings (SSSR count). The van der Waals surface area contributed by atoms with Crippen molar-refractivity contribution in [1.82, 2.24) is 19.7 Å². The van der Waals surface area contributed by atoms with Gasteiger partial charge in [-0.15, -0.1) is 4.68 Å². The van der Waals surface area contributed by atoms with Crippen LogP contribution in [0.25, 0.3) is 22.3 Å². The van der Waals surface area contributed by atoms with Crippen molar-refractivity contribution in [2.24, 2.45) is 0 Å². The molecular weight excluding hydrogens is 296 g/mol. The third-order valence-corrected chi connectivity index (χ3v) is 3.03. The summed E-state index contributed by atoms with van der Waals surface area (Å²) in [5.74, 6) is -0.00320. The fraction of sp³-hybridized carbons (Fsp3) is 0.250. The van der Waals surface area contributed by atoms with Crippen molar-refractivity contribution >= 4 is 17.1 Å². The maximum absolute atomic E-state index is 12.4. The molecule has 0 radical (unpaired) electrons. The number of hydrogen-bond donors (Lipinski definition) is 1. The highest BCUT2D eigenvalue weighted by molar-refractivity contribution is 5.96. The molecule has 1 N–H and O–H groups in total. The van der Waals surface area contributed by atoms with Crippen LogP contribution in [-0.2, 0) is 4.74 Å². The van der Waals surface area contributed by atoms with Crippen LogP contribution in [0.2, 0.25) is 0 Å². The van der Waals surface area contributed by atoms with Gasteiger partial charge in [0.2, 0.25) is 0 Å². The molecule has 7 nitrogen and oxygen atoms in total. The van der Waals surface area contributed by atoms with Crippen LogP contribution in [0.1, 0.15) is 20.8 Å². The Morgan fingerprint density at radius 3 is 2.61 bits per heavy atom. The molecule has 0 amide bonds. The van der Waals surface area contributed by atoms with E-state index in [-0.39, 0.29) is 5.75 Å². The summed E-state index contributed by atoms with van der Waals surface area (Å²) in [4.78, 5) is 20.4. The van der Waals surface area contributed by atoms with Gasteiger partial charge < -0.3 is 9.84 Å². The lowest BCUT2D eigenvalue weighted by Crippen LogP contribution is -2.27. The van der Waals surface area contributed by atoms with Crippen LogP contribution in [-0.4, -0.2) is 36.5 Å². The van der Waals surface area contributed by atoms with Crippen molar-refractivity contribution < 1.29 is 14.6 Å². The van der Waals surface area contributed by atoms with Crippen molar-refractivity contribution in [3.8, 4) is 17.0 Å². The largest absolute Gasteiger partial charge is 0.506 e. The van der Waals surface area contributed by atoms with Crippen LogP contribution >= 0.6 is 0 Å². The molecule has 0 atom stereocenters. The van der Waals surface area contributed by atoms with E-state index < -0.39 is 11.7 Å². The number of ether oxygens (including phenoxy) is 1. The van der Waals surface area contributed by atoms with Gasteiger partial charge in [-0.2, -0.15) is 5.10 Å². The first-order valence-corrected chi connectivity index (χ1v) is 7.07. The van der Waals surface area contributed by atoms with Crippen molar-refractivity contribution in [3.63, 3.8) is 0 Å². The Kier molecular flexibility index (Phi) is 3.48. The molecular formula is C16H16N4O3. The van der Waals surface area contributed by atoms with Crippen molar-refractivity contribution in [3.05, 3.63) is 36.8 Å². The smallest absolute Gasteiger partial charge is 0.437 e. The lowest BCUT2D eigenvalue weighted by atomic mass is 10.1. The van der Waals surface area contributed by atoms with E-state index in [2.05, 4.69) is 15.1 Å². The molecule has 0 aromatic carbocycles. The summed E-state index contributed by atoms with van der Waals surface area (Å²) in [6.07, 6.45) is 3.90. The quantitative estimate of drug-likeness (QED) is 0.743. The molecule has 0 fully saturated rings. The van der Waals surface area contributed by atoms with Gasteiger partial charge >= 0.3 is 6.09 Å². The molecule has 0 aliphatic rings. The molecule has 0 unspecified atom stereocenters. The Morgan fingerprint density at radius 2 is 1.96 bits per heavy atom. The van der Waals surface area contributed by atoms with Crippen LogP contribution in [0.3, 0.4) is 0 Å². The van der Waals surface area contributed by atoms with Gasteiger partial charge in [-0.1, -0.05) is 0 Å². The van der Waals surface area contributed by atoms with Crippen molar-refractivity contribution in [1.29, 1.82) is 0 Å². The predicted molar refractivity (Wildman–Crippen MR) is 84.1 cm³/mol. The Hall–Kier alpha value is -2.96. The maximum atomic E-state index is 12.4. The summed E-state index contributed by atoms with van der Waals surface area (Å²) >= 11 is 0. The molecule has 0 spiro atoms. The SMILES string of the molecule is CC(C)(C)OC(=O)n1nc(-c2ccncc2)c2cc(O)cnc21. The van der Waals surface area contributed by atoms with Gasteiger partial charge in [0.05, 0.1) is 11.6 Å². The van der Waals surface area contributed by atoms with Gasteiger partial charge in [-0.05, 0) is 39.0 Å². The third kappa shape index (κ3) is 2.98. The van der Waals surface area contributed by atoms with E-state index in [0.717, 1.165) is 10.2 Å². The molecule has 0 saturated carbocycles. The van der Waals surface area contributed by atoms with Gasteiger partial charge in [0.15, 0.2) is 5.65 Å². The summed E-state index contributed by atoms with van der Waals surface area (Å²) in [5.41, 5.74) is 0.962. The zero-order valence-electron chi connectivity index (χ0n) is 13.0. The Balaban J connectivity index is 2.19. The minimum absolute atomic E-state index is 0.00320. The van der Waals surface area contributed by atoms with Gasteiger partial charge in [-0.3, -0.25) is 4.98 Å². The molecule has 7 heteroatoms. The normalized spacial score (nSPS) is 11.6. The second-order valence-electron chi connectivity index (χ2n) is 6.04. The lowest BCUT2D eigenvalue weighted by molar-refractivity contribution is 0.0522. The Bertz CT molecular complexity index is 866. The van der Waals surface area contributed by atoms with Crippen LogP contribution in [0.5, 0.6) is 5.75 Å². The fourth-order valence-corrected chi connectivity index (χ4v) is 2.15. The first-order valence-electron chi connectivity index (χ1n) is 7.07. The first-order chi connectivity index (χ1) is 10.8. The summed E-state index contributed by atoms with van der Waals surface area (Å²) < 4.78 is 6.46. The monoisotopic (exact) mass is 312 g/mol. The van der Waals surface area contributed by atoms with Crippen LogP contribution in [0.15, 0.2) is 36.8 Å². The molecule has 3 aromatic rings. The summed E-state index contributed by atoms with van der Waals surface area (Å²) in [5, 5.41) is 14.6. The molecule has 3 heterocycles. The van der Waals surface area contributed by atoms with Gasteiger partial charge in [0.25, 0.3) is 0 Å². The molecule has 0 saturated heterocycles.